The van der Waals surface area contributed by atoms with Crippen LogP contribution in [0.4, 0.5) is 0 Å². The topological polar surface area (TPSA) is 185 Å². The van der Waals surface area contributed by atoms with Crippen LogP contribution in [-0.2, 0) is 11.3 Å². The minimum absolute atomic E-state index is 0.186. The lowest BCUT2D eigenvalue weighted by molar-refractivity contribution is -0.141. The third-order valence-corrected chi connectivity index (χ3v) is 3.49. The highest BCUT2D eigenvalue weighted by Crippen LogP contribution is 2.13. The predicted octanol–water partition coefficient (Wildman–Crippen LogP) is -1.44. The molecule has 0 aliphatic carbocycles. The Balaban J connectivity index is 2.41. The molecule has 0 saturated heterocycles. The Morgan fingerprint density at radius 1 is 1.54 bits per heavy atom. The number of carboxylic acids is 1. The van der Waals surface area contributed by atoms with E-state index in [1.54, 1.807) is 13.2 Å². The Kier molecular flexibility index (Phi) is 8.49. The molecule has 0 saturated carbocycles. The number of carbonyl (C=O) groups is 1. The van der Waals surface area contributed by atoms with Gasteiger partial charge in [0.15, 0.2) is 5.82 Å². The molecule has 0 bridgehead atoms. The molecule has 0 aliphatic heterocycles. The first-order valence-corrected chi connectivity index (χ1v) is 7.91. The first kappa shape index (κ1) is 20.2. The van der Waals surface area contributed by atoms with Gasteiger partial charge in [-0.2, -0.15) is 4.98 Å². The summed E-state index contributed by atoms with van der Waals surface area (Å²) in [5, 5.41) is 24.8. The third kappa shape index (κ3) is 6.72. The normalized spacial score (nSPS) is 15.8. The lowest BCUT2D eigenvalue weighted by Crippen LogP contribution is -2.42. The summed E-state index contributed by atoms with van der Waals surface area (Å²) in [6.07, 6.45) is 0.963. The van der Waals surface area contributed by atoms with Crippen molar-refractivity contribution in [3.63, 3.8) is 0 Å². The third-order valence-electron chi connectivity index (χ3n) is 2.83. The molecular weight excluding hydrogens is 338 g/mol. The van der Waals surface area contributed by atoms with Gasteiger partial charge < -0.3 is 31.5 Å². The van der Waals surface area contributed by atoms with Gasteiger partial charge >= 0.3 is 5.97 Å². The number of nitrogens with two attached hydrogens (primary N) is 2. The molecule has 0 amide bonds. The molecule has 3 atom stereocenters. The first-order valence-electron chi connectivity index (χ1n) is 7.10. The van der Waals surface area contributed by atoms with Gasteiger partial charge in [0.2, 0.25) is 5.89 Å². The molecule has 9 N–H and O–H groups in total. The fourth-order valence-electron chi connectivity index (χ4n) is 1.64. The molecule has 136 valence electrons. The summed E-state index contributed by atoms with van der Waals surface area (Å²) in [6.45, 7) is 1.57. The predicted molar refractivity (Wildman–Crippen MR) is 87.8 cm³/mol. The number of aliphatic hydroxyl groups is 1. The van der Waals surface area contributed by atoms with E-state index in [4.69, 9.17) is 21.1 Å². The molecule has 11 nitrogen and oxygen atoms in total. The van der Waals surface area contributed by atoms with E-state index in [1.807, 2.05) is 0 Å². The van der Waals surface area contributed by atoms with Gasteiger partial charge in [-0.1, -0.05) is 5.16 Å². The van der Waals surface area contributed by atoms with E-state index in [0.29, 0.717) is 17.9 Å². The molecule has 0 radical (unpaired) electrons. The van der Waals surface area contributed by atoms with Crippen LogP contribution >= 0.6 is 12.1 Å². The highest BCUT2D eigenvalue weighted by Gasteiger charge is 2.22. The second kappa shape index (κ2) is 10.1. The molecule has 0 spiro atoms. The summed E-state index contributed by atoms with van der Waals surface area (Å²) >= 11 is 0.911. The highest BCUT2D eigenvalue weighted by atomic mass is 32.2. The monoisotopic (exact) mass is 361 g/mol. The Morgan fingerprint density at radius 2 is 2.25 bits per heavy atom. The van der Waals surface area contributed by atoms with Gasteiger partial charge in [0.25, 0.3) is 0 Å². The maximum absolute atomic E-state index is 10.9. The van der Waals surface area contributed by atoms with Crippen molar-refractivity contribution in [1.82, 2.24) is 24.9 Å². The number of nitrogens with zero attached hydrogens (tertiary/aromatic N) is 2. The van der Waals surface area contributed by atoms with Crippen LogP contribution < -0.4 is 26.2 Å². The van der Waals surface area contributed by atoms with Crippen LogP contribution in [0, 0.1) is 0 Å². The highest BCUT2D eigenvalue weighted by molar-refractivity contribution is 7.95. The number of carboxylic acid groups (broad SMARTS) is 1. The van der Waals surface area contributed by atoms with Gasteiger partial charge in [-0.25, -0.2) is 9.44 Å². The van der Waals surface area contributed by atoms with Gasteiger partial charge in [0.1, 0.15) is 6.04 Å². The van der Waals surface area contributed by atoms with E-state index in [9.17, 15) is 9.90 Å². The van der Waals surface area contributed by atoms with Crippen LogP contribution in [0.1, 0.15) is 31.1 Å². The summed E-state index contributed by atoms with van der Waals surface area (Å²) in [7, 11) is 1.73. The number of hydrogen-bond acceptors (Lipinski definition) is 11. The second-order valence-corrected chi connectivity index (χ2v) is 5.69. The largest absolute Gasteiger partial charge is 0.480 e. The number of hydrogen-bond donors (Lipinski definition) is 7. The van der Waals surface area contributed by atoms with Gasteiger partial charge in [0, 0.05) is 37.5 Å². The number of rotatable bonds is 11. The molecule has 3 unspecified atom stereocenters. The maximum atomic E-state index is 10.9. The summed E-state index contributed by atoms with van der Waals surface area (Å²) in [5.41, 5.74) is 12.2. The minimum Gasteiger partial charge on any atom is -0.480 e. The Hall–Kier alpha value is -1.86. The van der Waals surface area contributed by atoms with E-state index >= 15 is 0 Å². The van der Waals surface area contributed by atoms with Crippen molar-refractivity contribution in [2.75, 3.05) is 7.05 Å². The molecular formula is C12H23N7O4S. The summed E-state index contributed by atoms with van der Waals surface area (Å²) in [4.78, 5) is 15.0. The van der Waals surface area contributed by atoms with Crippen molar-refractivity contribution >= 4 is 18.1 Å². The fourth-order valence-corrected chi connectivity index (χ4v) is 2.34. The molecule has 1 aromatic rings. The SMILES string of the molecule is CN/C=C(\N)CC(N)c1noc(CNSNC(C(=O)O)C(C)O)n1. The molecule has 0 aliphatic rings. The smallest absolute Gasteiger partial charge is 0.324 e. The van der Waals surface area contributed by atoms with E-state index < -0.39 is 24.2 Å². The van der Waals surface area contributed by atoms with Crippen molar-refractivity contribution in [3.05, 3.63) is 23.6 Å². The van der Waals surface area contributed by atoms with Crippen LogP contribution in [0.5, 0.6) is 0 Å². The zero-order valence-corrected chi connectivity index (χ0v) is 14.2. The second-order valence-electron chi connectivity index (χ2n) is 4.96. The average molecular weight is 361 g/mol. The Bertz CT molecular complexity index is 551. The lowest BCUT2D eigenvalue weighted by atomic mass is 10.2. The molecule has 1 rings (SSSR count). The van der Waals surface area contributed by atoms with Crippen molar-refractivity contribution in [2.24, 2.45) is 11.5 Å². The van der Waals surface area contributed by atoms with E-state index in [-0.39, 0.29) is 12.4 Å². The molecule has 1 aromatic heterocycles. The van der Waals surface area contributed by atoms with Crippen LogP contribution in [-0.4, -0.2) is 45.5 Å². The first-order chi connectivity index (χ1) is 11.3. The molecule has 12 heteroatoms. The standard InChI is InChI=1S/C12H23N7O4S/c1-6(20)10(12(21)22)19-24-16-5-9-17-11(18-23-9)8(14)3-7(13)4-15-2/h4,6,8,10,15-16,19-20H,3,5,13-14H2,1-2H3,(H,21,22)/b7-4-. The zero-order chi connectivity index (χ0) is 18.1. The number of aliphatic carboxylic acids is 1. The minimum atomic E-state index is -1.16. The van der Waals surface area contributed by atoms with Gasteiger partial charge in [-0.05, 0) is 6.92 Å². The van der Waals surface area contributed by atoms with Crippen molar-refractivity contribution in [2.45, 2.75) is 38.1 Å². The van der Waals surface area contributed by atoms with Crippen molar-refractivity contribution in [3.8, 4) is 0 Å². The van der Waals surface area contributed by atoms with Gasteiger partial charge in [0.05, 0.1) is 18.7 Å². The van der Waals surface area contributed by atoms with Gasteiger partial charge in [-0.15, -0.1) is 0 Å². The van der Waals surface area contributed by atoms with Crippen molar-refractivity contribution < 1.29 is 19.5 Å². The van der Waals surface area contributed by atoms with Crippen LogP contribution in [0.15, 0.2) is 16.4 Å². The van der Waals surface area contributed by atoms with Crippen LogP contribution in [0.2, 0.25) is 0 Å². The van der Waals surface area contributed by atoms with E-state index in [0.717, 1.165) is 12.1 Å². The molecule has 24 heavy (non-hydrogen) atoms. The lowest BCUT2D eigenvalue weighted by Gasteiger charge is -2.15. The maximum Gasteiger partial charge on any atom is 0.324 e. The quantitative estimate of drug-likeness (QED) is 0.180. The Labute approximate surface area is 143 Å². The van der Waals surface area contributed by atoms with E-state index in [1.165, 1.54) is 6.92 Å². The summed E-state index contributed by atoms with van der Waals surface area (Å²) < 4.78 is 10.4. The average Bonchev–Trinajstić information content (AvgIpc) is 2.95. The van der Waals surface area contributed by atoms with Crippen LogP contribution in [0.3, 0.4) is 0 Å². The fraction of sp³-hybridized carbons (Fsp3) is 0.583. The van der Waals surface area contributed by atoms with Crippen molar-refractivity contribution in [1.29, 1.82) is 0 Å². The molecule has 1 heterocycles. The summed E-state index contributed by atoms with van der Waals surface area (Å²) in [5.74, 6) is -0.544. The van der Waals surface area contributed by atoms with Gasteiger partial charge in [-0.3, -0.25) is 4.79 Å². The Morgan fingerprint density at radius 3 is 2.83 bits per heavy atom. The summed E-state index contributed by atoms with van der Waals surface area (Å²) in [6, 6.07) is -1.60. The number of aromatic nitrogens is 2. The van der Waals surface area contributed by atoms with Crippen LogP contribution in [0.25, 0.3) is 0 Å². The molecule has 0 fully saturated rings. The number of nitrogens with one attached hydrogen (secondary N) is 3. The number of aliphatic hydroxyl groups excluding tert-OH is 1. The molecule has 0 aromatic carbocycles. The van der Waals surface area contributed by atoms with E-state index in [2.05, 4.69) is 24.9 Å². The zero-order valence-electron chi connectivity index (χ0n) is 13.4.